The number of halogens is 3. The number of fused-ring (bicyclic) bond motifs is 1. The van der Waals surface area contributed by atoms with E-state index in [0.29, 0.717) is 30.5 Å². The monoisotopic (exact) mass is 485 g/mol. The Balaban J connectivity index is 1.87. The molecule has 10 heteroatoms. The van der Waals surface area contributed by atoms with Gasteiger partial charge in [-0.3, -0.25) is 0 Å². The summed E-state index contributed by atoms with van der Waals surface area (Å²) in [6, 6.07) is 13.4. The number of benzene rings is 2. The minimum atomic E-state index is -5.77. The average Bonchev–Trinajstić information content (AvgIpc) is 2.70. The van der Waals surface area contributed by atoms with E-state index in [-0.39, 0.29) is 18.2 Å². The lowest BCUT2D eigenvalue weighted by Crippen LogP contribution is -2.45. The number of nitrogens with zero attached hydrogens (tertiary/aromatic N) is 1. The molecule has 1 aliphatic rings. The summed E-state index contributed by atoms with van der Waals surface area (Å²) in [5.74, 6) is -0.338. The van der Waals surface area contributed by atoms with Crippen LogP contribution in [0.1, 0.15) is 43.9 Å². The Kier molecular flexibility index (Phi) is 6.97. The number of alkyl halides is 3. The van der Waals surface area contributed by atoms with E-state index in [9.17, 15) is 26.4 Å². The normalized spacial score (nSPS) is 16.6. The lowest BCUT2D eigenvalue weighted by atomic mass is 9.87. The molecule has 2 aromatic rings. The van der Waals surface area contributed by atoms with E-state index in [4.69, 9.17) is 4.74 Å². The van der Waals surface area contributed by atoms with Gasteiger partial charge in [-0.1, -0.05) is 42.5 Å². The number of rotatable bonds is 5. The zero-order valence-corrected chi connectivity index (χ0v) is 19.4. The molecule has 2 aromatic carbocycles. The second kappa shape index (κ2) is 9.24. The minimum Gasteiger partial charge on any atom is -0.444 e. The molecule has 0 N–H and O–H groups in total. The molecule has 0 aliphatic heterocycles. The Morgan fingerprint density at radius 2 is 1.73 bits per heavy atom. The summed E-state index contributed by atoms with van der Waals surface area (Å²) in [6.07, 6.45) is 0.486. The van der Waals surface area contributed by atoms with E-state index in [2.05, 4.69) is 4.18 Å². The molecule has 0 aromatic heterocycles. The standard InChI is InChI=1S/C23H26F3NO5S/c1-22(2,3)31-21(28)27(15-16-8-5-4-6-9-16)18-12-13-19-17(14-18)10-7-11-20(19)32-33(29,30)23(24,25)26/h4-11,18H,12-15H2,1-3H3. The fraction of sp³-hybridized carbons (Fsp3) is 0.435. The van der Waals surface area contributed by atoms with Crippen LogP contribution in [0, 0.1) is 0 Å². The number of amides is 1. The van der Waals surface area contributed by atoms with Crippen molar-refractivity contribution in [1.82, 2.24) is 4.90 Å². The minimum absolute atomic E-state index is 0.248. The van der Waals surface area contributed by atoms with Gasteiger partial charge in [-0.25, -0.2) is 4.79 Å². The summed E-state index contributed by atoms with van der Waals surface area (Å²) in [5.41, 5.74) is -4.29. The fourth-order valence-electron chi connectivity index (χ4n) is 3.71. The van der Waals surface area contributed by atoms with Crippen LogP contribution in [0.15, 0.2) is 48.5 Å². The van der Waals surface area contributed by atoms with Crippen LogP contribution in [-0.4, -0.2) is 36.6 Å². The molecule has 1 atom stereocenters. The lowest BCUT2D eigenvalue weighted by molar-refractivity contribution is -0.0500. The molecule has 6 nitrogen and oxygen atoms in total. The maximum Gasteiger partial charge on any atom is 0.534 e. The molecule has 3 rings (SSSR count). The molecule has 1 aliphatic carbocycles. The summed E-state index contributed by atoms with van der Waals surface area (Å²) in [5, 5.41) is 0. The van der Waals surface area contributed by atoms with Crippen molar-refractivity contribution in [2.24, 2.45) is 0 Å². The Labute approximate surface area is 191 Å². The van der Waals surface area contributed by atoms with Gasteiger partial charge in [-0.15, -0.1) is 0 Å². The van der Waals surface area contributed by atoms with Gasteiger partial charge < -0.3 is 13.8 Å². The molecule has 180 valence electrons. The van der Waals surface area contributed by atoms with Gasteiger partial charge in [0.25, 0.3) is 0 Å². The van der Waals surface area contributed by atoms with Crippen LogP contribution in [0.25, 0.3) is 0 Å². The molecule has 0 heterocycles. The van der Waals surface area contributed by atoms with Crippen LogP contribution < -0.4 is 4.18 Å². The third-order valence-corrected chi connectivity index (χ3v) is 6.13. The predicted molar refractivity (Wildman–Crippen MR) is 116 cm³/mol. The fourth-order valence-corrected chi connectivity index (χ4v) is 4.19. The van der Waals surface area contributed by atoms with Crippen LogP contribution >= 0.6 is 0 Å². The Bertz CT molecular complexity index is 1100. The summed E-state index contributed by atoms with van der Waals surface area (Å²) in [4.78, 5) is 14.6. The summed E-state index contributed by atoms with van der Waals surface area (Å²) in [6.45, 7) is 5.61. The van der Waals surface area contributed by atoms with Crippen molar-refractivity contribution >= 4 is 16.2 Å². The molecule has 0 radical (unpaired) electrons. The number of hydrogen-bond donors (Lipinski definition) is 0. The molecule has 0 bridgehead atoms. The lowest BCUT2D eigenvalue weighted by Gasteiger charge is -2.36. The van der Waals surface area contributed by atoms with Crippen molar-refractivity contribution in [3.8, 4) is 5.75 Å². The van der Waals surface area contributed by atoms with Crippen molar-refractivity contribution in [3.63, 3.8) is 0 Å². The first-order valence-electron chi connectivity index (χ1n) is 10.4. The van der Waals surface area contributed by atoms with Gasteiger partial charge in [0.1, 0.15) is 11.4 Å². The highest BCUT2D eigenvalue weighted by Gasteiger charge is 2.49. The molecular weight excluding hydrogens is 459 g/mol. The van der Waals surface area contributed by atoms with Gasteiger partial charge in [-0.2, -0.15) is 21.6 Å². The van der Waals surface area contributed by atoms with Crippen molar-refractivity contribution in [3.05, 3.63) is 65.2 Å². The quantitative estimate of drug-likeness (QED) is 0.430. The van der Waals surface area contributed by atoms with E-state index in [1.807, 2.05) is 30.3 Å². The molecule has 0 saturated carbocycles. The third-order valence-electron chi connectivity index (χ3n) is 5.16. The molecule has 0 fully saturated rings. The summed E-state index contributed by atoms with van der Waals surface area (Å²) >= 11 is 0. The number of carbonyl (C=O) groups excluding carboxylic acids is 1. The Morgan fingerprint density at radius 3 is 2.33 bits per heavy atom. The second-order valence-electron chi connectivity index (χ2n) is 8.87. The average molecular weight is 486 g/mol. The van der Waals surface area contributed by atoms with Gasteiger partial charge in [-0.05, 0) is 62.8 Å². The molecule has 1 amide bonds. The summed E-state index contributed by atoms with van der Waals surface area (Å²) in [7, 11) is -5.77. The van der Waals surface area contributed by atoms with Crippen molar-refractivity contribution < 1.29 is 35.3 Å². The van der Waals surface area contributed by atoms with E-state index in [1.54, 1.807) is 31.7 Å². The first kappa shape index (κ1) is 24.9. The van der Waals surface area contributed by atoms with Gasteiger partial charge in [0.05, 0.1) is 0 Å². The van der Waals surface area contributed by atoms with Gasteiger partial charge >= 0.3 is 21.7 Å². The van der Waals surface area contributed by atoms with Crippen LogP contribution in [-0.2, 0) is 34.2 Å². The van der Waals surface area contributed by atoms with Crippen molar-refractivity contribution in [1.29, 1.82) is 0 Å². The summed E-state index contributed by atoms with van der Waals surface area (Å²) < 4.78 is 71.3. The zero-order chi connectivity index (χ0) is 24.4. The third kappa shape index (κ3) is 6.19. The van der Waals surface area contributed by atoms with Crippen LogP contribution in [0.2, 0.25) is 0 Å². The predicted octanol–water partition coefficient (Wildman–Crippen LogP) is 5.21. The maximum absolute atomic E-state index is 13.0. The number of carbonyl (C=O) groups is 1. The van der Waals surface area contributed by atoms with Gasteiger partial charge in [0.2, 0.25) is 0 Å². The van der Waals surface area contributed by atoms with Crippen LogP contribution in [0.4, 0.5) is 18.0 Å². The second-order valence-corrected chi connectivity index (χ2v) is 10.4. The molecule has 0 saturated heterocycles. The van der Waals surface area contributed by atoms with Crippen LogP contribution in [0.3, 0.4) is 0 Å². The van der Waals surface area contributed by atoms with Crippen LogP contribution in [0.5, 0.6) is 5.75 Å². The Morgan fingerprint density at radius 1 is 1.06 bits per heavy atom. The molecule has 33 heavy (non-hydrogen) atoms. The van der Waals surface area contributed by atoms with E-state index in [0.717, 1.165) is 5.56 Å². The molecular formula is C23H26F3NO5S. The number of hydrogen-bond acceptors (Lipinski definition) is 5. The largest absolute Gasteiger partial charge is 0.534 e. The van der Waals surface area contributed by atoms with E-state index < -0.39 is 27.3 Å². The first-order valence-corrected chi connectivity index (χ1v) is 11.8. The SMILES string of the molecule is CC(C)(C)OC(=O)N(Cc1ccccc1)C1CCc2c(cccc2OS(=O)(=O)C(F)(F)F)C1. The highest BCUT2D eigenvalue weighted by atomic mass is 32.2. The highest BCUT2D eigenvalue weighted by Crippen LogP contribution is 2.35. The van der Waals surface area contributed by atoms with E-state index in [1.165, 1.54) is 12.1 Å². The van der Waals surface area contributed by atoms with E-state index >= 15 is 0 Å². The molecule has 0 spiro atoms. The highest BCUT2D eigenvalue weighted by molar-refractivity contribution is 7.88. The first-order chi connectivity index (χ1) is 15.3. The smallest absolute Gasteiger partial charge is 0.444 e. The number of ether oxygens (including phenoxy) is 1. The molecule has 1 unspecified atom stereocenters. The van der Waals surface area contributed by atoms with Crippen molar-refractivity contribution in [2.75, 3.05) is 0 Å². The zero-order valence-electron chi connectivity index (χ0n) is 18.6. The van der Waals surface area contributed by atoms with Crippen molar-refractivity contribution in [2.45, 2.75) is 63.7 Å². The van der Waals surface area contributed by atoms with Gasteiger partial charge in [0, 0.05) is 12.6 Å². The Hall–Kier alpha value is -2.75. The van der Waals surface area contributed by atoms with Gasteiger partial charge in [0.15, 0.2) is 0 Å². The topological polar surface area (TPSA) is 72.9 Å². The maximum atomic E-state index is 13.0.